The largest absolute Gasteiger partial charge is 0.375 e. The highest BCUT2D eigenvalue weighted by Gasteiger charge is 2.13. The first-order valence-corrected chi connectivity index (χ1v) is 9.64. The lowest BCUT2D eigenvalue weighted by atomic mass is 10.1. The number of nitrogens with zero attached hydrogens (tertiary/aromatic N) is 1. The molecule has 6 nitrogen and oxygen atoms in total. The zero-order valence-electron chi connectivity index (χ0n) is 14.7. The summed E-state index contributed by atoms with van der Waals surface area (Å²) in [5, 5.41) is 6.40. The molecule has 0 radical (unpaired) electrons. The average molecular weight is 469 g/mol. The van der Waals surface area contributed by atoms with E-state index in [-0.39, 0.29) is 41.9 Å². The molecule has 8 heteroatoms. The Morgan fingerprint density at radius 1 is 1.29 bits per heavy atom. The maximum Gasteiger partial charge on any atom is 0.191 e. The number of methoxy groups -OCH3 is 1. The summed E-state index contributed by atoms with van der Waals surface area (Å²) in [6.07, 6.45) is 1.70. The monoisotopic (exact) mass is 469 g/mol. The van der Waals surface area contributed by atoms with Crippen molar-refractivity contribution < 1.29 is 13.2 Å². The molecule has 0 saturated heterocycles. The first kappa shape index (κ1) is 23.1. The first-order chi connectivity index (χ1) is 10.9. The number of hydrogen-bond donors (Lipinski definition) is 2. The second-order valence-corrected chi connectivity index (χ2v) is 7.81. The number of rotatable bonds is 8. The zero-order chi connectivity index (χ0) is 17.3. The van der Waals surface area contributed by atoms with Gasteiger partial charge in [-0.3, -0.25) is 4.99 Å². The van der Waals surface area contributed by atoms with Crippen LogP contribution < -0.4 is 10.6 Å². The topological polar surface area (TPSA) is 79.8 Å². The molecule has 24 heavy (non-hydrogen) atoms. The van der Waals surface area contributed by atoms with E-state index in [2.05, 4.69) is 15.6 Å². The fraction of sp³-hybridized carbons (Fsp3) is 0.562. The van der Waals surface area contributed by atoms with Crippen molar-refractivity contribution in [2.75, 3.05) is 32.7 Å². The molecule has 0 bridgehead atoms. The molecule has 0 heterocycles. The molecule has 0 aliphatic heterocycles. The number of halogens is 1. The van der Waals surface area contributed by atoms with E-state index in [9.17, 15) is 8.42 Å². The van der Waals surface area contributed by atoms with Gasteiger partial charge in [-0.2, -0.15) is 0 Å². The van der Waals surface area contributed by atoms with Crippen LogP contribution in [0.2, 0.25) is 0 Å². The summed E-state index contributed by atoms with van der Waals surface area (Å²) >= 11 is 0. The smallest absolute Gasteiger partial charge is 0.191 e. The van der Waals surface area contributed by atoms with Gasteiger partial charge < -0.3 is 15.4 Å². The molecule has 138 valence electrons. The van der Waals surface area contributed by atoms with E-state index < -0.39 is 9.84 Å². The van der Waals surface area contributed by atoms with Gasteiger partial charge in [-0.15, -0.1) is 24.0 Å². The Bertz CT molecular complexity index is 594. The van der Waals surface area contributed by atoms with E-state index in [0.717, 1.165) is 5.56 Å². The maximum absolute atomic E-state index is 11.2. The van der Waals surface area contributed by atoms with Crippen LogP contribution in [-0.2, 0) is 14.6 Å². The normalized spacial score (nSPS) is 14.4. The number of nitrogens with one attached hydrogen (secondary N) is 2. The van der Waals surface area contributed by atoms with Crippen LogP contribution >= 0.6 is 24.0 Å². The molecule has 1 aromatic rings. The standard InChI is InChI=1S/C16H27N3O3S.HI/c1-13(10-11-23(4,20)21)19-16(17-2)18-12-15(22-3)14-8-6-5-7-9-14;/h5-9,13,15H,10-12H2,1-4H3,(H2,17,18,19);1H. The van der Waals surface area contributed by atoms with Crippen LogP contribution in [0.4, 0.5) is 0 Å². The molecule has 2 N–H and O–H groups in total. The molecule has 1 rings (SSSR count). The Morgan fingerprint density at radius 3 is 2.42 bits per heavy atom. The van der Waals surface area contributed by atoms with Crippen molar-refractivity contribution in [2.45, 2.75) is 25.5 Å². The molecular formula is C16H28IN3O3S. The first-order valence-electron chi connectivity index (χ1n) is 7.58. The number of benzene rings is 1. The molecule has 1 aromatic carbocycles. The van der Waals surface area contributed by atoms with E-state index in [1.165, 1.54) is 6.26 Å². The second kappa shape index (κ2) is 11.6. The van der Waals surface area contributed by atoms with E-state index >= 15 is 0 Å². The van der Waals surface area contributed by atoms with Crippen LogP contribution in [0.5, 0.6) is 0 Å². The fourth-order valence-electron chi connectivity index (χ4n) is 2.09. The van der Waals surface area contributed by atoms with Gasteiger partial charge in [0.2, 0.25) is 0 Å². The van der Waals surface area contributed by atoms with Crippen molar-refractivity contribution in [1.82, 2.24) is 10.6 Å². The summed E-state index contributed by atoms with van der Waals surface area (Å²) in [7, 11) is 0.407. The number of ether oxygens (including phenoxy) is 1. The van der Waals surface area contributed by atoms with Gasteiger partial charge in [-0.1, -0.05) is 30.3 Å². The van der Waals surface area contributed by atoms with Crippen molar-refractivity contribution in [2.24, 2.45) is 4.99 Å². The van der Waals surface area contributed by atoms with Gasteiger partial charge in [0.05, 0.1) is 11.9 Å². The third-order valence-corrected chi connectivity index (χ3v) is 4.42. The number of hydrogen-bond acceptors (Lipinski definition) is 4. The quantitative estimate of drug-likeness (QED) is 0.346. The van der Waals surface area contributed by atoms with Crippen LogP contribution in [0.3, 0.4) is 0 Å². The summed E-state index contributed by atoms with van der Waals surface area (Å²) in [5.74, 6) is 0.784. The highest BCUT2D eigenvalue weighted by atomic mass is 127. The summed E-state index contributed by atoms with van der Waals surface area (Å²) in [6.45, 7) is 2.50. The van der Waals surface area contributed by atoms with Crippen molar-refractivity contribution >= 4 is 39.8 Å². The van der Waals surface area contributed by atoms with Gasteiger partial charge >= 0.3 is 0 Å². The number of aliphatic imine (C=N–C) groups is 1. The van der Waals surface area contributed by atoms with Gasteiger partial charge in [0.25, 0.3) is 0 Å². The Hall–Kier alpha value is -0.870. The molecule has 0 aliphatic carbocycles. The van der Waals surface area contributed by atoms with Crippen LogP contribution in [0.25, 0.3) is 0 Å². The van der Waals surface area contributed by atoms with Crippen LogP contribution in [-0.4, -0.2) is 53.1 Å². The second-order valence-electron chi connectivity index (χ2n) is 5.55. The molecule has 0 saturated carbocycles. The molecule has 0 aromatic heterocycles. The SMILES string of the molecule is CN=C(NCC(OC)c1ccccc1)NC(C)CCS(C)(=O)=O.I. The predicted octanol–water partition coefficient (Wildman–Crippen LogP) is 1.98. The Kier molecular flexibility index (Phi) is 11.2. The Balaban J connectivity index is 0.00000529. The Labute approximate surface area is 162 Å². The molecule has 0 spiro atoms. The van der Waals surface area contributed by atoms with Gasteiger partial charge in [-0.05, 0) is 18.9 Å². The average Bonchev–Trinajstić information content (AvgIpc) is 2.52. The molecule has 0 aliphatic rings. The molecule has 0 amide bonds. The summed E-state index contributed by atoms with van der Waals surface area (Å²) in [5.41, 5.74) is 1.09. The molecule has 2 atom stereocenters. The molecular weight excluding hydrogens is 441 g/mol. The van der Waals surface area contributed by atoms with E-state index in [1.54, 1.807) is 14.2 Å². The highest BCUT2D eigenvalue weighted by Crippen LogP contribution is 2.14. The van der Waals surface area contributed by atoms with Gasteiger partial charge in [-0.25, -0.2) is 8.42 Å². The Morgan fingerprint density at radius 2 is 1.92 bits per heavy atom. The fourth-order valence-corrected chi connectivity index (χ4v) is 2.87. The lowest BCUT2D eigenvalue weighted by Crippen LogP contribution is -2.44. The van der Waals surface area contributed by atoms with E-state index in [4.69, 9.17) is 4.74 Å². The van der Waals surface area contributed by atoms with Crippen LogP contribution in [0.1, 0.15) is 25.0 Å². The third kappa shape index (κ3) is 9.43. The summed E-state index contributed by atoms with van der Waals surface area (Å²) < 4.78 is 27.9. The summed E-state index contributed by atoms with van der Waals surface area (Å²) in [6, 6.07) is 9.95. The van der Waals surface area contributed by atoms with Crippen molar-refractivity contribution in [3.05, 3.63) is 35.9 Å². The molecule has 0 fully saturated rings. The lowest BCUT2D eigenvalue weighted by Gasteiger charge is -2.21. The lowest BCUT2D eigenvalue weighted by molar-refractivity contribution is 0.106. The number of guanidine groups is 1. The van der Waals surface area contributed by atoms with E-state index in [0.29, 0.717) is 18.9 Å². The van der Waals surface area contributed by atoms with Gasteiger partial charge in [0.15, 0.2) is 5.96 Å². The van der Waals surface area contributed by atoms with Crippen molar-refractivity contribution in [1.29, 1.82) is 0 Å². The van der Waals surface area contributed by atoms with Crippen molar-refractivity contribution in [3.8, 4) is 0 Å². The minimum Gasteiger partial charge on any atom is -0.375 e. The molecule has 2 unspecified atom stereocenters. The predicted molar refractivity (Wildman–Crippen MR) is 110 cm³/mol. The van der Waals surface area contributed by atoms with Crippen LogP contribution in [0, 0.1) is 0 Å². The third-order valence-electron chi connectivity index (χ3n) is 3.44. The highest BCUT2D eigenvalue weighted by molar-refractivity contribution is 14.0. The minimum atomic E-state index is -2.95. The maximum atomic E-state index is 11.2. The summed E-state index contributed by atoms with van der Waals surface area (Å²) in [4.78, 5) is 4.16. The van der Waals surface area contributed by atoms with Gasteiger partial charge in [0, 0.05) is 33.0 Å². The van der Waals surface area contributed by atoms with Crippen LogP contribution in [0.15, 0.2) is 35.3 Å². The number of sulfone groups is 1. The minimum absolute atomic E-state index is 0. The van der Waals surface area contributed by atoms with Crippen molar-refractivity contribution in [3.63, 3.8) is 0 Å². The zero-order valence-corrected chi connectivity index (χ0v) is 17.8. The van der Waals surface area contributed by atoms with Gasteiger partial charge in [0.1, 0.15) is 9.84 Å². The van der Waals surface area contributed by atoms with E-state index in [1.807, 2.05) is 37.3 Å².